The van der Waals surface area contributed by atoms with E-state index in [4.69, 9.17) is 4.74 Å². The lowest BCUT2D eigenvalue weighted by Crippen LogP contribution is -2.21. The Morgan fingerprint density at radius 3 is 3.05 bits per heavy atom. The van der Waals surface area contributed by atoms with E-state index in [2.05, 4.69) is 17.6 Å². The molecule has 0 aliphatic carbocycles. The Hall–Kier alpha value is -1.55. The summed E-state index contributed by atoms with van der Waals surface area (Å²) in [5.74, 6) is 0.995. The van der Waals surface area contributed by atoms with E-state index < -0.39 is 0 Å². The molecule has 4 heteroatoms. The summed E-state index contributed by atoms with van der Waals surface area (Å²) >= 11 is 0. The van der Waals surface area contributed by atoms with E-state index in [0.29, 0.717) is 12.5 Å². The van der Waals surface area contributed by atoms with Crippen LogP contribution in [0.3, 0.4) is 0 Å². The van der Waals surface area contributed by atoms with Crippen LogP contribution in [0.5, 0.6) is 5.75 Å². The molecule has 1 heterocycles. The molecular formula is C15H22N2O2. The number of anilines is 1. The second-order valence-corrected chi connectivity index (χ2v) is 5.05. The summed E-state index contributed by atoms with van der Waals surface area (Å²) in [6, 6.07) is 6.42. The molecule has 1 unspecified atom stereocenters. The third-order valence-corrected chi connectivity index (χ3v) is 3.52. The third kappa shape index (κ3) is 3.96. The van der Waals surface area contributed by atoms with Gasteiger partial charge in [-0.25, -0.2) is 0 Å². The molecule has 1 aromatic carbocycles. The van der Waals surface area contributed by atoms with Gasteiger partial charge in [0.1, 0.15) is 5.75 Å². The van der Waals surface area contributed by atoms with E-state index in [1.165, 1.54) is 5.56 Å². The zero-order chi connectivity index (χ0) is 13.7. The third-order valence-electron chi connectivity index (χ3n) is 3.52. The van der Waals surface area contributed by atoms with Crippen molar-refractivity contribution in [1.82, 2.24) is 5.32 Å². The first kappa shape index (κ1) is 13.9. The Morgan fingerprint density at radius 1 is 1.42 bits per heavy atom. The summed E-state index contributed by atoms with van der Waals surface area (Å²) in [7, 11) is 1.98. The van der Waals surface area contributed by atoms with Gasteiger partial charge in [-0.05, 0) is 57.0 Å². The molecule has 2 rings (SSSR count). The minimum Gasteiger partial charge on any atom is -0.494 e. The van der Waals surface area contributed by atoms with Crippen LogP contribution < -0.4 is 15.4 Å². The minimum atomic E-state index is 0.0993. The van der Waals surface area contributed by atoms with E-state index in [0.717, 1.165) is 37.3 Å². The number of benzene rings is 1. The molecule has 1 aliphatic heterocycles. The van der Waals surface area contributed by atoms with Crippen LogP contribution in [0, 0.1) is 0 Å². The quantitative estimate of drug-likeness (QED) is 0.774. The van der Waals surface area contributed by atoms with Gasteiger partial charge < -0.3 is 15.4 Å². The average molecular weight is 262 g/mol. The van der Waals surface area contributed by atoms with Crippen molar-refractivity contribution in [1.29, 1.82) is 0 Å². The largest absolute Gasteiger partial charge is 0.494 e. The number of fused-ring (bicyclic) bond motifs is 1. The molecule has 4 nitrogen and oxygen atoms in total. The smallest absolute Gasteiger partial charge is 0.224 e. The predicted octanol–water partition coefficient (Wildman–Crippen LogP) is 2.34. The van der Waals surface area contributed by atoms with Gasteiger partial charge in [0.05, 0.1) is 6.61 Å². The van der Waals surface area contributed by atoms with Crippen molar-refractivity contribution in [2.24, 2.45) is 0 Å². The molecule has 19 heavy (non-hydrogen) atoms. The Balaban J connectivity index is 1.83. The maximum atomic E-state index is 11.3. The molecule has 0 saturated carbocycles. The summed E-state index contributed by atoms with van der Waals surface area (Å²) in [5, 5.41) is 6.09. The van der Waals surface area contributed by atoms with Crippen molar-refractivity contribution in [3.05, 3.63) is 23.8 Å². The molecule has 1 aromatic rings. The molecule has 0 radical (unpaired) electrons. The normalized spacial score (nSPS) is 15.6. The summed E-state index contributed by atoms with van der Waals surface area (Å²) in [4.78, 5) is 11.3. The molecule has 0 spiro atoms. The van der Waals surface area contributed by atoms with Crippen molar-refractivity contribution < 1.29 is 9.53 Å². The molecule has 1 amide bonds. The maximum absolute atomic E-state index is 11.3. The highest BCUT2D eigenvalue weighted by Gasteiger charge is 2.14. The van der Waals surface area contributed by atoms with E-state index in [1.54, 1.807) is 0 Å². The van der Waals surface area contributed by atoms with Crippen molar-refractivity contribution in [3.8, 4) is 5.75 Å². The molecule has 0 fully saturated rings. The molecular weight excluding hydrogens is 240 g/mol. The number of amides is 1. The number of aryl methyl sites for hydroxylation is 1. The molecule has 0 aromatic heterocycles. The number of hydrogen-bond acceptors (Lipinski definition) is 3. The Morgan fingerprint density at radius 2 is 2.26 bits per heavy atom. The fourth-order valence-electron chi connectivity index (χ4n) is 2.17. The highest BCUT2D eigenvalue weighted by atomic mass is 16.5. The Kier molecular flexibility index (Phi) is 4.80. The number of ether oxygens (including phenoxy) is 1. The van der Waals surface area contributed by atoms with Gasteiger partial charge >= 0.3 is 0 Å². The van der Waals surface area contributed by atoms with E-state index >= 15 is 0 Å². The van der Waals surface area contributed by atoms with Gasteiger partial charge in [-0.2, -0.15) is 0 Å². The molecule has 1 aliphatic rings. The highest BCUT2D eigenvalue weighted by Crippen LogP contribution is 2.26. The van der Waals surface area contributed by atoms with Crippen LogP contribution in [0.1, 0.15) is 31.7 Å². The molecule has 0 bridgehead atoms. The lowest BCUT2D eigenvalue weighted by molar-refractivity contribution is -0.116. The van der Waals surface area contributed by atoms with Crippen molar-refractivity contribution in [2.75, 3.05) is 19.0 Å². The van der Waals surface area contributed by atoms with Gasteiger partial charge in [0.2, 0.25) is 5.91 Å². The van der Waals surface area contributed by atoms with Gasteiger partial charge in [0.25, 0.3) is 0 Å². The maximum Gasteiger partial charge on any atom is 0.224 e. The molecule has 1 atom stereocenters. The second-order valence-electron chi connectivity index (χ2n) is 5.05. The second kappa shape index (κ2) is 6.57. The van der Waals surface area contributed by atoms with E-state index in [9.17, 15) is 4.79 Å². The van der Waals surface area contributed by atoms with Crippen molar-refractivity contribution in [2.45, 2.75) is 38.6 Å². The van der Waals surface area contributed by atoms with E-state index in [1.807, 2.05) is 25.2 Å². The first-order valence-electron chi connectivity index (χ1n) is 6.92. The number of carbonyl (C=O) groups excluding carboxylic acids is 1. The minimum absolute atomic E-state index is 0.0993. The lowest BCUT2D eigenvalue weighted by Gasteiger charge is -2.18. The fraction of sp³-hybridized carbons (Fsp3) is 0.533. The van der Waals surface area contributed by atoms with Crippen LogP contribution >= 0.6 is 0 Å². The average Bonchev–Trinajstić information content (AvgIpc) is 2.43. The molecule has 104 valence electrons. The fourth-order valence-corrected chi connectivity index (χ4v) is 2.17. The number of carbonyl (C=O) groups is 1. The van der Waals surface area contributed by atoms with Gasteiger partial charge in [0, 0.05) is 18.2 Å². The van der Waals surface area contributed by atoms with Crippen molar-refractivity contribution in [3.63, 3.8) is 0 Å². The van der Waals surface area contributed by atoms with Gasteiger partial charge in [0.15, 0.2) is 0 Å². The Labute approximate surface area is 114 Å². The SMILES string of the molecule is CNC(C)CCCOc1ccc2c(c1)CCC(=O)N2. The number of rotatable bonds is 6. The van der Waals surface area contributed by atoms with Crippen LogP contribution in [-0.4, -0.2) is 25.6 Å². The summed E-state index contributed by atoms with van der Waals surface area (Å²) in [6.45, 7) is 2.90. The topological polar surface area (TPSA) is 50.4 Å². The van der Waals surface area contributed by atoms with Crippen molar-refractivity contribution >= 4 is 11.6 Å². The summed E-state index contributed by atoms with van der Waals surface area (Å²) in [6.07, 6.45) is 3.51. The monoisotopic (exact) mass is 262 g/mol. The number of hydrogen-bond donors (Lipinski definition) is 2. The number of nitrogens with one attached hydrogen (secondary N) is 2. The highest BCUT2D eigenvalue weighted by molar-refractivity contribution is 5.93. The Bertz CT molecular complexity index is 446. The van der Waals surface area contributed by atoms with Crippen LogP contribution in [0.25, 0.3) is 0 Å². The van der Waals surface area contributed by atoms with Crippen LogP contribution in [-0.2, 0) is 11.2 Å². The van der Waals surface area contributed by atoms with Gasteiger partial charge in [-0.3, -0.25) is 4.79 Å². The van der Waals surface area contributed by atoms with Crippen LogP contribution in [0.2, 0.25) is 0 Å². The van der Waals surface area contributed by atoms with Gasteiger partial charge in [-0.15, -0.1) is 0 Å². The summed E-state index contributed by atoms with van der Waals surface area (Å²) in [5.41, 5.74) is 2.09. The first-order valence-corrected chi connectivity index (χ1v) is 6.92. The van der Waals surface area contributed by atoms with Crippen LogP contribution in [0.15, 0.2) is 18.2 Å². The van der Waals surface area contributed by atoms with Crippen LogP contribution in [0.4, 0.5) is 5.69 Å². The lowest BCUT2D eigenvalue weighted by atomic mass is 10.0. The standard InChI is InChI=1S/C15H22N2O2/c1-11(16-2)4-3-9-19-13-6-7-14-12(10-13)5-8-15(18)17-14/h6-7,10-11,16H,3-5,8-9H2,1-2H3,(H,17,18). The zero-order valence-electron chi connectivity index (χ0n) is 11.7. The molecule has 0 saturated heterocycles. The first-order chi connectivity index (χ1) is 9.19. The summed E-state index contributed by atoms with van der Waals surface area (Å²) < 4.78 is 5.75. The predicted molar refractivity (Wildman–Crippen MR) is 76.6 cm³/mol. The van der Waals surface area contributed by atoms with Gasteiger partial charge in [-0.1, -0.05) is 0 Å². The zero-order valence-corrected chi connectivity index (χ0v) is 11.7. The molecule has 2 N–H and O–H groups in total. The van der Waals surface area contributed by atoms with E-state index in [-0.39, 0.29) is 5.91 Å².